The molecule has 5 nitrogen and oxygen atoms in total. The number of amides is 1. The Hall–Kier alpha value is -2.24. The van der Waals surface area contributed by atoms with Gasteiger partial charge in [0.05, 0.1) is 25.0 Å². The molecule has 0 radical (unpaired) electrons. The highest BCUT2D eigenvalue weighted by Crippen LogP contribution is 2.18. The van der Waals surface area contributed by atoms with Crippen molar-refractivity contribution in [2.75, 3.05) is 31.6 Å². The van der Waals surface area contributed by atoms with Gasteiger partial charge < -0.3 is 10.1 Å². The van der Waals surface area contributed by atoms with Crippen LogP contribution in [-0.4, -0.2) is 42.0 Å². The third-order valence-electron chi connectivity index (χ3n) is 4.48. The van der Waals surface area contributed by atoms with Crippen LogP contribution in [0.4, 0.5) is 5.69 Å². The highest BCUT2D eigenvalue weighted by atomic mass is 16.5. The van der Waals surface area contributed by atoms with E-state index in [1.165, 1.54) is 5.56 Å². The number of hydrogen-bond acceptors (Lipinski definition) is 4. The molecule has 0 bridgehead atoms. The maximum absolute atomic E-state index is 12.1. The number of likely N-dealkylation sites (tertiary alicyclic amines) is 1. The molecule has 1 aliphatic rings. The second kappa shape index (κ2) is 9.30. The number of hydrogen-bond donors (Lipinski definition) is 1. The van der Waals surface area contributed by atoms with Gasteiger partial charge in [-0.25, -0.2) is 0 Å². The molecule has 1 aromatic carbocycles. The summed E-state index contributed by atoms with van der Waals surface area (Å²) < 4.78 is 5.85. The van der Waals surface area contributed by atoms with Crippen LogP contribution in [0.5, 0.6) is 0 Å². The van der Waals surface area contributed by atoms with E-state index >= 15 is 0 Å². The average Bonchev–Trinajstić information content (AvgIpc) is 2.65. The number of aromatic nitrogens is 1. The van der Waals surface area contributed by atoms with Gasteiger partial charge in [0.1, 0.15) is 0 Å². The Kier molecular flexibility index (Phi) is 6.54. The van der Waals surface area contributed by atoms with E-state index in [2.05, 4.69) is 27.3 Å². The van der Waals surface area contributed by atoms with Gasteiger partial charge in [0, 0.05) is 12.8 Å². The van der Waals surface area contributed by atoms with E-state index in [0.29, 0.717) is 19.1 Å². The van der Waals surface area contributed by atoms with E-state index in [0.717, 1.165) is 38.2 Å². The third-order valence-corrected chi connectivity index (χ3v) is 4.48. The van der Waals surface area contributed by atoms with Crippen LogP contribution in [0.2, 0.25) is 0 Å². The van der Waals surface area contributed by atoms with E-state index in [1.54, 1.807) is 12.4 Å². The minimum atomic E-state index is 0.0202. The summed E-state index contributed by atoms with van der Waals surface area (Å²) in [5.41, 5.74) is 1.96. The number of carbonyl (C=O) groups excluding carboxylic acids is 1. The Bertz CT molecular complexity index is 641. The highest BCUT2D eigenvalue weighted by Gasteiger charge is 2.21. The topological polar surface area (TPSA) is 54.5 Å². The summed E-state index contributed by atoms with van der Waals surface area (Å²) in [5, 5.41) is 2.89. The van der Waals surface area contributed by atoms with Crippen LogP contribution in [0.1, 0.15) is 18.4 Å². The molecule has 0 atom stereocenters. The van der Waals surface area contributed by atoms with E-state index in [9.17, 15) is 4.79 Å². The number of pyridine rings is 1. The molecule has 1 fully saturated rings. The van der Waals surface area contributed by atoms with Gasteiger partial charge in [-0.2, -0.15) is 0 Å². The van der Waals surface area contributed by atoms with E-state index in [1.807, 2.05) is 30.3 Å². The molecule has 1 amide bonds. The second-order valence-electron chi connectivity index (χ2n) is 6.51. The SMILES string of the molecule is O=C(CN1CCC(COCc2ccccc2)CC1)Nc1cccnc1. The highest BCUT2D eigenvalue weighted by molar-refractivity contribution is 5.92. The van der Waals surface area contributed by atoms with Crippen molar-refractivity contribution in [2.45, 2.75) is 19.4 Å². The maximum atomic E-state index is 12.1. The summed E-state index contributed by atoms with van der Waals surface area (Å²) in [6, 6.07) is 13.9. The van der Waals surface area contributed by atoms with Crippen LogP contribution in [-0.2, 0) is 16.1 Å². The summed E-state index contributed by atoms with van der Waals surface area (Å²) >= 11 is 0. The van der Waals surface area contributed by atoms with Crippen LogP contribution in [0.15, 0.2) is 54.9 Å². The van der Waals surface area contributed by atoms with Crippen LogP contribution in [0, 0.1) is 5.92 Å². The first-order valence-electron chi connectivity index (χ1n) is 8.83. The summed E-state index contributed by atoms with van der Waals surface area (Å²) in [4.78, 5) is 18.3. The first-order valence-corrected chi connectivity index (χ1v) is 8.83. The smallest absolute Gasteiger partial charge is 0.238 e. The van der Waals surface area contributed by atoms with Crippen LogP contribution >= 0.6 is 0 Å². The monoisotopic (exact) mass is 339 g/mol. The van der Waals surface area contributed by atoms with Gasteiger partial charge in [0.15, 0.2) is 0 Å². The molecule has 3 rings (SSSR count). The van der Waals surface area contributed by atoms with E-state index < -0.39 is 0 Å². The molecule has 1 N–H and O–H groups in total. The summed E-state index contributed by atoms with van der Waals surface area (Å²) in [6.45, 7) is 3.80. The lowest BCUT2D eigenvalue weighted by atomic mass is 9.98. The second-order valence-corrected chi connectivity index (χ2v) is 6.51. The van der Waals surface area contributed by atoms with Crippen molar-refractivity contribution < 1.29 is 9.53 Å². The van der Waals surface area contributed by atoms with E-state index in [-0.39, 0.29) is 5.91 Å². The molecule has 0 saturated carbocycles. The Morgan fingerprint density at radius 1 is 1.16 bits per heavy atom. The van der Waals surface area contributed by atoms with Crippen molar-refractivity contribution in [3.8, 4) is 0 Å². The zero-order chi connectivity index (χ0) is 17.3. The number of ether oxygens (including phenoxy) is 1. The Morgan fingerprint density at radius 3 is 2.68 bits per heavy atom. The summed E-state index contributed by atoms with van der Waals surface area (Å²) in [7, 11) is 0. The van der Waals surface area contributed by atoms with Crippen molar-refractivity contribution in [1.82, 2.24) is 9.88 Å². The zero-order valence-electron chi connectivity index (χ0n) is 14.4. The molecule has 132 valence electrons. The molecule has 25 heavy (non-hydrogen) atoms. The van der Waals surface area contributed by atoms with Crippen molar-refractivity contribution in [2.24, 2.45) is 5.92 Å². The van der Waals surface area contributed by atoms with Gasteiger partial charge in [-0.1, -0.05) is 30.3 Å². The zero-order valence-corrected chi connectivity index (χ0v) is 14.4. The maximum Gasteiger partial charge on any atom is 0.238 e. The lowest BCUT2D eigenvalue weighted by Gasteiger charge is -2.31. The number of nitrogens with one attached hydrogen (secondary N) is 1. The van der Waals surface area contributed by atoms with Crippen molar-refractivity contribution in [3.05, 3.63) is 60.4 Å². The Morgan fingerprint density at radius 2 is 1.96 bits per heavy atom. The molecule has 0 aliphatic carbocycles. The van der Waals surface area contributed by atoms with Crippen molar-refractivity contribution in [1.29, 1.82) is 0 Å². The lowest BCUT2D eigenvalue weighted by molar-refractivity contribution is -0.117. The number of nitrogens with zero attached hydrogens (tertiary/aromatic N) is 2. The molecule has 2 heterocycles. The minimum Gasteiger partial charge on any atom is -0.376 e. The van der Waals surface area contributed by atoms with Gasteiger partial charge in [0.25, 0.3) is 0 Å². The summed E-state index contributed by atoms with van der Waals surface area (Å²) in [6.07, 6.45) is 5.51. The van der Waals surface area contributed by atoms with Gasteiger partial charge >= 0.3 is 0 Å². The number of anilines is 1. The van der Waals surface area contributed by atoms with E-state index in [4.69, 9.17) is 4.74 Å². The van der Waals surface area contributed by atoms with Crippen LogP contribution in [0.25, 0.3) is 0 Å². The van der Waals surface area contributed by atoms with Crippen LogP contribution in [0.3, 0.4) is 0 Å². The van der Waals surface area contributed by atoms with Gasteiger partial charge in [-0.05, 0) is 49.5 Å². The fourth-order valence-electron chi connectivity index (χ4n) is 3.07. The van der Waals surface area contributed by atoms with Crippen molar-refractivity contribution >= 4 is 11.6 Å². The predicted molar refractivity (Wildman–Crippen MR) is 98.1 cm³/mol. The number of carbonyl (C=O) groups is 1. The largest absolute Gasteiger partial charge is 0.376 e. The fourth-order valence-corrected chi connectivity index (χ4v) is 3.07. The summed E-state index contributed by atoms with van der Waals surface area (Å²) in [5.74, 6) is 0.605. The molecule has 1 saturated heterocycles. The number of benzene rings is 1. The third kappa shape index (κ3) is 5.96. The van der Waals surface area contributed by atoms with Crippen molar-refractivity contribution in [3.63, 3.8) is 0 Å². The quantitative estimate of drug-likeness (QED) is 0.843. The van der Waals surface area contributed by atoms with Crippen LogP contribution < -0.4 is 5.32 Å². The minimum absolute atomic E-state index is 0.0202. The fraction of sp³-hybridized carbons (Fsp3) is 0.400. The van der Waals surface area contributed by atoms with Gasteiger partial charge in [-0.15, -0.1) is 0 Å². The molecule has 0 spiro atoms. The molecular weight excluding hydrogens is 314 g/mol. The van der Waals surface area contributed by atoms with Gasteiger partial charge in [-0.3, -0.25) is 14.7 Å². The standard InChI is InChI=1S/C20H25N3O2/c24-20(22-19-7-4-10-21-13-19)14-23-11-8-18(9-12-23)16-25-15-17-5-2-1-3-6-17/h1-7,10,13,18H,8-9,11-12,14-16H2,(H,22,24). The number of piperidine rings is 1. The predicted octanol–water partition coefficient (Wildman–Crippen LogP) is 2.95. The molecule has 5 heteroatoms. The molecule has 1 aromatic heterocycles. The van der Waals surface area contributed by atoms with Gasteiger partial charge in [0.2, 0.25) is 5.91 Å². The normalized spacial score (nSPS) is 15.8. The molecule has 1 aliphatic heterocycles. The molecule has 0 unspecified atom stereocenters. The first kappa shape index (κ1) is 17.6. The Balaban J connectivity index is 1.32. The average molecular weight is 339 g/mol. The first-order chi connectivity index (χ1) is 12.3. The Labute approximate surface area is 149 Å². The number of rotatable bonds is 7. The molecule has 2 aromatic rings. The molecular formula is C20H25N3O2. The lowest BCUT2D eigenvalue weighted by Crippen LogP contribution is -2.40.